The Hall–Kier alpha value is -1.96. The standard InChI is InChI=1S/C13H19N7S/c1-9-10-11(18(3)17-9)12(16-8-15-10)19-4-6-20(7-5-19)13(21)14-2/h8H,4-7H2,1-3H3,(H,14,21). The lowest BCUT2D eigenvalue weighted by Crippen LogP contribution is -2.51. The molecule has 0 unspecified atom stereocenters. The summed E-state index contributed by atoms with van der Waals surface area (Å²) in [5, 5.41) is 8.28. The minimum absolute atomic E-state index is 0.805. The van der Waals surface area contributed by atoms with Crippen molar-refractivity contribution in [1.29, 1.82) is 0 Å². The zero-order valence-electron chi connectivity index (χ0n) is 12.5. The number of hydrogen-bond donors (Lipinski definition) is 1. The molecule has 0 radical (unpaired) electrons. The Kier molecular flexibility index (Phi) is 3.62. The average Bonchev–Trinajstić information content (AvgIpc) is 2.82. The minimum atomic E-state index is 0.805. The molecule has 2 aromatic heterocycles. The van der Waals surface area contributed by atoms with Crippen LogP contribution in [0.5, 0.6) is 0 Å². The maximum absolute atomic E-state index is 5.29. The molecule has 0 amide bonds. The van der Waals surface area contributed by atoms with Crippen LogP contribution in [0.3, 0.4) is 0 Å². The average molecular weight is 305 g/mol. The van der Waals surface area contributed by atoms with E-state index >= 15 is 0 Å². The fourth-order valence-electron chi connectivity index (χ4n) is 2.77. The van der Waals surface area contributed by atoms with Gasteiger partial charge in [0.05, 0.1) is 5.69 Å². The third-order valence-electron chi connectivity index (χ3n) is 3.85. The molecular formula is C13H19N7S. The van der Waals surface area contributed by atoms with Crippen LogP contribution in [0.2, 0.25) is 0 Å². The van der Waals surface area contributed by atoms with Crippen molar-refractivity contribution in [3.63, 3.8) is 0 Å². The number of thiocarbonyl (C=S) groups is 1. The molecule has 8 heteroatoms. The minimum Gasteiger partial charge on any atom is -0.366 e. The van der Waals surface area contributed by atoms with Gasteiger partial charge in [-0.05, 0) is 19.1 Å². The van der Waals surface area contributed by atoms with Crippen molar-refractivity contribution in [1.82, 2.24) is 30.0 Å². The van der Waals surface area contributed by atoms with Gasteiger partial charge in [0.15, 0.2) is 10.9 Å². The van der Waals surface area contributed by atoms with E-state index in [-0.39, 0.29) is 0 Å². The van der Waals surface area contributed by atoms with Crippen LogP contribution in [-0.4, -0.2) is 63.0 Å². The Labute approximate surface area is 129 Å². The summed E-state index contributed by atoms with van der Waals surface area (Å²) >= 11 is 5.29. The van der Waals surface area contributed by atoms with Crippen molar-refractivity contribution in [3.05, 3.63) is 12.0 Å². The van der Waals surface area contributed by atoms with Crippen LogP contribution in [0.4, 0.5) is 5.82 Å². The van der Waals surface area contributed by atoms with Gasteiger partial charge in [-0.2, -0.15) is 5.10 Å². The molecule has 112 valence electrons. The smallest absolute Gasteiger partial charge is 0.168 e. The van der Waals surface area contributed by atoms with Gasteiger partial charge in [-0.15, -0.1) is 0 Å². The van der Waals surface area contributed by atoms with Gasteiger partial charge in [0.2, 0.25) is 0 Å². The van der Waals surface area contributed by atoms with E-state index in [1.165, 1.54) is 0 Å². The van der Waals surface area contributed by atoms with E-state index in [4.69, 9.17) is 12.2 Å². The van der Waals surface area contributed by atoms with Crippen molar-refractivity contribution in [3.8, 4) is 0 Å². The Morgan fingerprint density at radius 3 is 2.62 bits per heavy atom. The summed E-state index contributed by atoms with van der Waals surface area (Å²) in [5.41, 5.74) is 2.86. The largest absolute Gasteiger partial charge is 0.366 e. The zero-order valence-corrected chi connectivity index (χ0v) is 13.3. The van der Waals surface area contributed by atoms with E-state index < -0.39 is 0 Å². The van der Waals surface area contributed by atoms with Gasteiger partial charge < -0.3 is 15.1 Å². The van der Waals surface area contributed by atoms with Crippen LogP contribution < -0.4 is 10.2 Å². The molecule has 1 aliphatic rings. The van der Waals surface area contributed by atoms with Crippen molar-refractivity contribution in [2.75, 3.05) is 38.1 Å². The normalized spacial score (nSPS) is 15.6. The lowest BCUT2D eigenvalue weighted by molar-refractivity contribution is 0.382. The second-order valence-electron chi connectivity index (χ2n) is 5.13. The van der Waals surface area contributed by atoms with Gasteiger partial charge >= 0.3 is 0 Å². The number of rotatable bonds is 1. The monoisotopic (exact) mass is 305 g/mol. The number of aromatic nitrogens is 4. The van der Waals surface area contributed by atoms with Gasteiger partial charge in [-0.3, -0.25) is 4.68 Å². The summed E-state index contributed by atoms with van der Waals surface area (Å²) in [6, 6.07) is 0. The van der Waals surface area contributed by atoms with E-state index in [1.54, 1.807) is 6.33 Å². The molecule has 1 saturated heterocycles. The molecule has 0 bridgehead atoms. The van der Waals surface area contributed by atoms with Crippen molar-refractivity contribution in [2.45, 2.75) is 6.92 Å². The summed E-state index contributed by atoms with van der Waals surface area (Å²) < 4.78 is 1.87. The number of piperazine rings is 1. The van der Waals surface area contributed by atoms with Crippen LogP contribution >= 0.6 is 12.2 Å². The van der Waals surface area contributed by atoms with E-state index in [9.17, 15) is 0 Å². The molecule has 0 spiro atoms. The highest BCUT2D eigenvalue weighted by Crippen LogP contribution is 2.25. The Morgan fingerprint density at radius 1 is 1.24 bits per heavy atom. The summed E-state index contributed by atoms with van der Waals surface area (Å²) in [6.07, 6.45) is 1.62. The van der Waals surface area contributed by atoms with Gasteiger partial charge in [-0.1, -0.05) is 0 Å². The zero-order chi connectivity index (χ0) is 15.0. The molecule has 21 heavy (non-hydrogen) atoms. The Balaban J connectivity index is 1.88. The lowest BCUT2D eigenvalue weighted by atomic mass is 10.3. The number of anilines is 1. The van der Waals surface area contributed by atoms with Crippen LogP contribution in [-0.2, 0) is 7.05 Å². The quantitative estimate of drug-likeness (QED) is 0.760. The van der Waals surface area contributed by atoms with Crippen molar-refractivity contribution >= 4 is 34.2 Å². The van der Waals surface area contributed by atoms with E-state index in [1.807, 2.05) is 25.7 Å². The van der Waals surface area contributed by atoms with Gasteiger partial charge in [0.1, 0.15) is 17.4 Å². The Morgan fingerprint density at radius 2 is 1.95 bits per heavy atom. The number of hydrogen-bond acceptors (Lipinski definition) is 5. The third kappa shape index (κ3) is 2.39. The number of nitrogens with one attached hydrogen (secondary N) is 1. The molecule has 0 aliphatic carbocycles. The first-order chi connectivity index (χ1) is 10.1. The first-order valence-corrected chi connectivity index (χ1v) is 7.38. The molecule has 3 rings (SSSR count). The summed E-state index contributed by atoms with van der Waals surface area (Å²) in [4.78, 5) is 13.3. The SMILES string of the molecule is CNC(=S)N1CCN(c2ncnc3c(C)nn(C)c23)CC1. The highest BCUT2D eigenvalue weighted by molar-refractivity contribution is 7.80. The first kappa shape index (κ1) is 14.0. The Bertz CT molecular complexity index is 672. The molecule has 7 nitrogen and oxygen atoms in total. The van der Waals surface area contributed by atoms with Gasteiger partial charge in [0.25, 0.3) is 0 Å². The van der Waals surface area contributed by atoms with E-state index in [2.05, 4.69) is 30.2 Å². The fourth-order valence-corrected chi connectivity index (χ4v) is 2.95. The van der Waals surface area contributed by atoms with Crippen LogP contribution in [0.15, 0.2) is 6.33 Å². The molecule has 0 saturated carbocycles. The maximum Gasteiger partial charge on any atom is 0.168 e. The van der Waals surface area contributed by atoms with Crippen molar-refractivity contribution < 1.29 is 0 Å². The fraction of sp³-hybridized carbons (Fsp3) is 0.538. The summed E-state index contributed by atoms with van der Waals surface area (Å²) in [7, 11) is 3.80. The van der Waals surface area contributed by atoms with Crippen LogP contribution in [0.25, 0.3) is 11.0 Å². The number of aryl methyl sites for hydroxylation is 2. The predicted octanol–water partition coefficient (Wildman–Crippen LogP) is 0.298. The number of fused-ring (bicyclic) bond motifs is 1. The molecule has 0 aromatic carbocycles. The molecule has 1 N–H and O–H groups in total. The molecule has 2 aromatic rings. The van der Waals surface area contributed by atoms with Gasteiger partial charge in [0, 0.05) is 40.3 Å². The van der Waals surface area contributed by atoms with Gasteiger partial charge in [-0.25, -0.2) is 9.97 Å². The highest BCUT2D eigenvalue weighted by atomic mass is 32.1. The van der Waals surface area contributed by atoms with E-state index in [0.29, 0.717) is 0 Å². The maximum atomic E-state index is 5.29. The summed E-state index contributed by atoms with van der Waals surface area (Å²) in [5.74, 6) is 0.957. The van der Waals surface area contributed by atoms with E-state index in [0.717, 1.165) is 53.8 Å². The lowest BCUT2D eigenvalue weighted by Gasteiger charge is -2.36. The molecular weight excluding hydrogens is 286 g/mol. The van der Waals surface area contributed by atoms with Crippen molar-refractivity contribution in [2.24, 2.45) is 7.05 Å². The predicted molar refractivity (Wildman–Crippen MR) is 86.5 cm³/mol. The molecule has 1 aliphatic heterocycles. The second-order valence-corrected chi connectivity index (χ2v) is 5.52. The topological polar surface area (TPSA) is 62.1 Å². The van der Waals surface area contributed by atoms with Crippen LogP contribution in [0, 0.1) is 6.92 Å². The molecule has 1 fully saturated rings. The highest BCUT2D eigenvalue weighted by Gasteiger charge is 2.23. The first-order valence-electron chi connectivity index (χ1n) is 6.97. The number of nitrogens with zero attached hydrogens (tertiary/aromatic N) is 6. The molecule has 0 atom stereocenters. The van der Waals surface area contributed by atoms with Crippen LogP contribution in [0.1, 0.15) is 5.69 Å². The second kappa shape index (κ2) is 5.44. The summed E-state index contributed by atoms with van der Waals surface area (Å²) in [6.45, 7) is 5.53. The third-order valence-corrected chi connectivity index (χ3v) is 4.31. The molecule has 3 heterocycles.